The highest BCUT2D eigenvalue weighted by Crippen LogP contribution is 2.38. The van der Waals surface area contributed by atoms with Crippen LogP contribution < -0.4 is 5.32 Å². The van der Waals surface area contributed by atoms with Gasteiger partial charge in [0.05, 0.1) is 18.7 Å². The molecule has 8 nitrogen and oxygen atoms in total. The van der Waals surface area contributed by atoms with Crippen molar-refractivity contribution >= 4 is 34.2 Å². The number of aromatic nitrogens is 1. The number of ether oxygens (including phenoxy) is 1. The Morgan fingerprint density at radius 3 is 2.62 bits per heavy atom. The summed E-state index contributed by atoms with van der Waals surface area (Å²) in [5.41, 5.74) is 2.58. The van der Waals surface area contributed by atoms with Gasteiger partial charge < -0.3 is 15.2 Å². The van der Waals surface area contributed by atoms with Crippen LogP contribution >= 0.6 is 0 Å². The molecule has 8 heteroatoms. The summed E-state index contributed by atoms with van der Waals surface area (Å²) in [7, 11) is 0. The van der Waals surface area contributed by atoms with Crippen LogP contribution in [0.5, 0.6) is 5.88 Å². The molecule has 3 aromatic rings. The maximum Gasteiger partial charge on any atom is 0.326 e. The maximum atomic E-state index is 12.1. The van der Waals surface area contributed by atoms with Crippen molar-refractivity contribution in [3.8, 4) is 5.88 Å². The van der Waals surface area contributed by atoms with Crippen molar-refractivity contribution in [3.63, 3.8) is 0 Å². The van der Waals surface area contributed by atoms with Gasteiger partial charge >= 0.3 is 5.97 Å². The average Bonchev–Trinajstić information content (AvgIpc) is 2.97. The smallest absolute Gasteiger partial charge is 0.326 e. The largest absolute Gasteiger partial charge is 0.493 e. The first-order valence-corrected chi connectivity index (χ1v) is 9.21. The molecule has 0 unspecified atom stereocenters. The molecular formula is C21H22N4O4. The number of rotatable bonds is 7. The highest BCUT2D eigenvalue weighted by Gasteiger charge is 2.19. The molecule has 0 fully saturated rings. The Bertz CT molecular complexity index is 1070. The summed E-state index contributed by atoms with van der Waals surface area (Å²) in [5.74, 6) is -1.22. The Morgan fingerprint density at radius 2 is 1.86 bits per heavy atom. The molecule has 0 aliphatic heterocycles. The first-order valence-electron chi connectivity index (χ1n) is 9.21. The van der Waals surface area contributed by atoms with Crippen LogP contribution in [0.4, 0.5) is 11.4 Å². The number of hydrogen-bond acceptors (Lipinski definition) is 6. The van der Waals surface area contributed by atoms with Crippen molar-refractivity contribution in [2.24, 2.45) is 10.2 Å². The number of nitrogens with zero attached hydrogens (tertiary/aromatic N) is 3. The van der Waals surface area contributed by atoms with Gasteiger partial charge in [0.2, 0.25) is 5.88 Å². The van der Waals surface area contributed by atoms with E-state index in [0.29, 0.717) is 10.9 Å². The van der Waals surface area contributed by atoms with E-state index in [0.717, 1.165) is 11.3 Å². The van der Waals surface area contributed by atoms with Crippen molar-refractivity contribution in [2.45, 2.75) is 20.4 Å². The maximum absolute atomic E-state index is 12.1. The quantitative estimate of drug-likeness (QED) is 0.466. The minimum Gasteiger partial charge on any atom is -0.493 e. The van der Waals surface area contributed by atoms with Crippen molar-refractivity contribution in [2.75, 3.05) is 18.5 Å². The fourth-order valence-electron chi connectivity index (χ4n) is 2.95. The van der Waals surface area contributed by atoms with Gasteiger partial charge in [-0.3, -0.25) is 14.2 Å². The van der Waals surface area contributed by atoms with Crippen LogP contribution in [0.25, 0.3) is 10.9 Å². The molecular weight excluding hydrogens is 372 g/mol. The number of benzene rings is 2. The van der Waals surface area contributed by atoms with E-state index in [9.17, 15) is 14.7 Å². The van der Waals surface area contributed by atoms with Crippen LogP contribution in [-0.4, -0.2) is 34.7 Å². The summed E-state index contributed by atoms with van der Waals surface area (Å²) in [6, 6.07) is 14.6. The minimum atomic E-state index is -0.491. The van der Waals surface area contributed by atoms with Gasteiger partial charge in [-0.1, -0.05) is 36.4 Å². The number of carbonyl (C=O) groups is 2. The van der Waals surface area contributed by atoms with Gasteiger partial charge in [-0.15, -0.1) is 10.2 Å². The third-order valence-corrected chi connectivity index (χ3v) is 4.35. The van der Waals surface area contributed by atoms with Crippen molar-refractivity contribution < 1.29 is 19.4 Å². The van der Waals surface area contributed by atoms with E-state index in [2.05, 4.69) is 15.5 Å². The first kappa shape index (κ1) is 20.1. The second-order valence-corrected chi connectivity index (χ2v) is 6.34. The van der Waals surface area contributed by atoms with Crippen LogP contribution in [0.2, 0.25) is 0 Å². The van der Waals surface area contributed by atoms with Crippen LogP contribution in [-0.2, 0) is 20.9 Å². The summed E-state index contributed by atoms with van der Waals surface area (Å²) in [6.07, 6.45) is 0. The van der Waals surface area contributed by atoms with Crippen molar-refractivity contribution in [3.05, 3.63) is 54.1 Å². The zero-order valence-electron chi connectivity index (χ0n) is 16.3. The normalized spacial score (nSPS) is 11.1. The van der Waals surface area contributed by atoms with E-state index in [4.69, 9.17) is 4.74 Å². The molecule has 2 N–H and O–H groups in total. The Morgan fingerprint density at radius 1 is 1.14 bits per heavy atom. The predicted octanol–water partition coefficient (Wildman–Crippen LogP) is 3.94. The third kappa shape index (κ3) is 4.60. The molecule has 0 aliphatic carbocycles. The standard InChI is InChI=1S/C21H22N4O4/c1-3-29-19(27)13-25-17-11-7-5-9-15(17)20(21(25)28)24-23-18(26)12-22-16-10-6-4-8-14(16)2/h4-11,22,28H,3,12-13H2,1-2H3. The number of aromatic hydroxyl groups is 1. The molecule has 0 saturated heterocycles. The lowest BCUT2D eigenvalue weighted by molar-refractivity contribution is -0.143. The van der Waals surface area contributed by atoms with E-state index in [1.807, 2.05) is 31.2 Å². The Balaban J connectivity index is 1.80. The summed E-state index contributed by atoms with van der Waals surface area (Å²) >= 11 is 0. The number of nitrogens with one attached hydrogen (secondary N) is 1. The van der Waals surface area contributed by atoms with Crippen LogP contribution in [0, 0.1) is 6.92 Å². The van der Waals surface area contributed by atoms with Gasteiger partial charge in [0.1, 0.15) is 6.54 Å². The molecule has 1 aromatic heterocycles. The van der Waals surface area contributed by atoms with Gasteiger partial charge in [-0.2, -0.15) is 0 Å². The number of azo groups is 1. The number of fused-ring (bicyclic) bond motifs is 1. The summed E-state index contributed by atoms with van der Waals surface area (Å²) < 4.78 is 6.34. The zero-order chi connectivity index (χ0) is 20.8. The molecule has 0 bridgehead atoms. The second kappa shape index (κ2) is 9.01. The summed E-state index contributed by atoms with van der Waals surface area (Å²) in [6.45, 7) is 3.69. The number of amides is 1. The molecule has 29 heavy (non-hydrogen) atoms. The van der Waals surface area contributed by atoms with Crippen LogP contribution in [0.3, 0.4) is 0 Å². The lowest BCUT2D eigenvalue weighted by atomic mass is 10.2. The van der Waals surface area contributed by atoms with Crippen molar-refractivity contribution in [1.29, 1.82) is 0 Å². The molecule has 1 heterocycles. The third-order valence-electron chi connectivity index (χ3n) is 4.35. The second-order valence-electron chi connectivity index (χ2n) is 6.34. The molecule has 0 spiro atoms. The van der Waals surface area contributed by atoms with Crippen LogP contribution in [0.1, 0.15) is 12.5 Å². The number of anilines is 1. The SMILES string of the molecule is CCOC(=O)Cn1c(O)c(N=NC(=O)CNc2ccccc2C)c2ccccc21. The topological polar surface area (TPSA) is 105 Å². The monoisotopic (exact) mass is 394 g/mol. The van der Waals surface area contributed by atoms with Crippen molar-refractivity contribution in [1.82, 2.24) is 4.57 Å². The number of aryl methyl sites for hydroxylation is 1. The number of esters is 1. The lowest BCUT2D eigenvalue weighted by Gasteiger charge is -2.06. The van der Waals surface area contributed by atoms with E-state index in [-0.39, 0.29) is 31.3 Å². The number of carbonyl (C=O) groups excluding carboxylic acids is 2. The Kier molecular flexibility index (Phi) is 6.23. The fraction of sp³-hybridized carbons (Fsp3) is 0.238. The predicted molar refractivity (Wildman–Crippen MR) is 109 cm³/mol. The summed E-state index contributed by atoms with van der Waals surface area (Å²) in [4.78, 5) is 24.0. The Hall–Kier alpha value is -3.68. The summed E-state index contributed by atoms with van der Waals surface area (Å²) in [5, 5.41) is 21.8. The van der Waals surface area contributed by atoms with Gasteiger partial charge in [-0.05, 0) is 31.5 Å². The first-order chi connectivity index (χ1) is 14.0. The molecule has 3 rings (SSSR count). The molecule has 0 radical (unpaired) electrons. The minimum absolute atomic E-state index is 0.0312. The van der Waals surface area contributed by atoms with E-state index < -0.39 is 11.9 Å². The van der Waals surface area contributed by atoms with Gasteiger partial charge in [-0.25, -0.2) is 0 Å². The van der Waals surface area contributed by atoms with E-state index in [1.165, 1.54) is 4.57 Å². The fourth-order valence-corrected chi connectivity index (χ4v) is 2.95. The molecule has 150 valence electrons. The number of para-hydroxylation sites is 2. The lowest BCUT2D eigenvalue weighted by Crippen LogP contribution is -2.12. The molecule has 2 aromatic carbocycles. The van der Waals surface area contributed by atoms with E-state index in [1.54, 1.807) is 31.2 Å². The Labute approximate surface area is 167 Å². The molecule has 0 atom stereocenters. The van der Waals surface area contributed by atoms with E-state index >= 15 is 0 Å². The molecule has 0 aliphatic rings. The van der Waals surface area contributed by atoms with Gasteiger partial charge in [0, 0.05) is 11.1 Å². The highest BCUT2D eigenvalue weighted by atomic mass is 16.5. The molecule has 1 amide bonds. The molecule has 0 saturated carbocycles. The van der Waals surface area contributed by atoms with Gasteiger partial charge in [0.15, 0.2) is 5.69 Å². The average molecular weight is 394 g/mol. The number of hydrogen-bond donors (Lipinski definition) is 2. The zero-order valence-corrected chi connectivity index (χ0v) is 16.3. The van der Waals surface area contributed by atoms with Crippen LogP contribution in [0.15, 0.2) is 58.8 Å². The van der Waals surface area contributed by atoms with Gasteiger partial charge in [0.25, 0.3) is 5.91 Å². The highest BCUT2D eigenvalue weighted by molar-refractivity contribution is 5.96.